The van der Waals surface area contributed by atoms with E-state index in [4.69, 9.17) is 4.74 Å². The van der Waals surface area contributed by atoms with E-state index in [0.29, 0.717) is 17.8 Å². The maximum Gasteiger partial charge on any atom is 0.253 e. The molecule has 0 aliphatic carbocycles. The van der Waals surface area contributed by atoms with E-state index in [2.05, 4.69) is 10.4 Å². The van der Waals surface area contributed by atoms with E-state index in [1.165, 1.54) is 0 Å². The van der Waals surface area contributed by atoms with Crippen molar-refractivity contribution in [2.45, 2.75) is 26.4 Å². The number of benzene rings is 2. The van der Waals surface area contributed by atoms with Gasteiger partial charge in [0.15, 0.2) is 6.29 Å². The van der Waals surface area contributed by atoms with Crippen LogP contribution in [0, 0.1) is 13.8 Å². The molecule has 1 unspecified atom stereocenters. The van der Waals surface area contributed by atoms with Crippen LogP contribution < -0.4 is 15.6 Å². The van der Waals surface area contributed by atoms with Crippen molar-refractivity contribution < 1.29 is 9.53 Å². The van der Waals surface area contributed by atoms with Gasteiger partial charge in [-0.3, -0.25) is 14.3 Å². The lowest BCUT2D eigenvalue weighted by molar-refractivity contribution is 0.111. The average molecular weight is 457 g/mol. The summed E-state index contributed by atoms with van der Waals surface area (Å²) in [5.41, 5.74) is 5.69. The van der Waals surface area contributed by atoms with E-state index < -0.39 is 0 Å². The number of carbonyl (C=O) groups excluding carboxylic acids is 1. The third-order valence-electron chi connectivity index (χ3n) is 5.83. The van der Waals surface area contributed by atoms with E-state index in [0.717, 1.165) is 40.0 Å². The highest BCUT2D eigenvalue weighted by atomic mass is 16.5. The van der Waals surface area contributed by atoms with Crippen LogP contribution in [0.3, 0.4) is 0 Å². The van der Waals surface area contributed by atoms with E-state index >= 15 is 0 Å². The highest BCUT2D eigenvalue weighted by Gasteiger charge is 2.22. The number of carbonyl (C=O) groups is 1. The van der Waals surface area contributed by atoms with E-state index in [1.807, 2.05) is 67.7 Å². The van der Waals surface area contributed by atoms with Gasteiger partial charge in [0, 0.05) is 30.6 Å². The summed E-state index contributed by atoms with van der Waals surface area (Å²) in [4.78, 5) is 24.2. The number of hydrogen-bond donors (Lipinski definition) is 1. The van der Waals surface area contributed by atoms with Crippen LogP contribution in [0.1, 0.15) is 44.3 Å². The van der Waals surface area contributed by atoms with Gasteiger partial charge < -0.3 is 14.6 Å². The monoisotopic (exact) mass is 456 g/mol. The topological polar surface area (TPSA) is 78.1 Å². The van der Waals surface area contributed by atoms with Crippen molar-refractivity contribution in [3.05, 3.63) is 111 Å². The third-order valence-corrected chi connectivity index (χ3v) is 5.83. The molecule has 7 heteroatoms. The lowest BCUT2D eigenvalue weighted by Crippen LogP contribution is -2.21. The van der Waals surface area contributed by atoms with Crippen molar-refractivity contribution in [2.75, 3.05) is 12.4 Å². The van der Waals surface area contributed by atoms with Gasteiger partial charge in [-0.25, -0.2) is 0 Å². The van der Waals surface area contributed by atoms with Crippen molar-refractivity contribution in [3.63, 3.8) is 0 Å². The van der Waals surface area contributed by atoms with E-state index in [1.54, 1.807) is 36.5 Å². The fourth-order valence-corrected chi connectivity index (χ4v) is 3.99. The Morgan fingerprint density at radius 1 is 1.06 bits per heavy atom. The summed E-state index contributed by atoms with van der Waals surface area (Å²) in [6.07, 6.45) is 4.45. The summed E-state index contributed by atoms with van der Waals surface area (Å²) in [5.74, 6) is 0.787. The van der Waals surface area contributed by atoms with Gasteiger partial charge in [0.05, 0.1) is 25.4 Å². The fourth-order valence-electron chi connectivity index (χ4n) is 3.99. The molecule has 4 aromatic rings. The molecule has 4 rings (SSSR count). The molecular weight excluding hydrogens is 428 g/mol. The van der Waals surface area contributed by atoms with Gasteiger partial charge in [0.1, 0.15) is 11.4 Å². The lowest BCUT2D eigenvalue weighted by Gasteiger charge is -2.21. The number of anilines is 1. The molecule has 0 saturated heterocycles. The molecule has 0 aliphatic heterocycles. The predicted molar refractivity (Wildman–Crippen MR) is 133 cm³/mol. The zero-order valence-electron chi connectivity index (χ0n) is 19.8. The molecule has 0 radical (unpaired) electrons. The van der Waals surface area contributed by atoms with Crippen LogP contribution >= 0.6 is 0 Å². The maximum absolute atomic E-state index is 12.2. The number of nitrogens with one attached hydrogen (secondary N) is 1. The lowest BCUT2D eigenvalue weighted by atomic mass is 9.98. The molecule has 0 bridgehead atoms. The third kappa shape index (κ3) is 4.93. The normalized spacial score (nSPS) is 11.8. The van der Waals surface area contributed by atoms with E-state index in [9.17, 15) is 9.59 Å². The number of methoxy groups -OCH3 is 1. The zero-order chi connectivity index (χ0) is 24.2. The summed E-state index contributed by atoms with van der Waals surface area (Å²) >= 11 is 0. The first kappa shape index (κ1) is 23.0. The van der Waals surface area contributed by atoms with Gasteiger partial charge in [0.2, 0.25) is 0 Å². The minimum atomic E-state index is -0.331. The molecule has 2 aromatic carbocycles. The van der Waals surface area contributed by atoms with Crippen molar-refractivity contribution in [3.8, 4) is 5.75 Å². The predicted octanol–water partition coefficient (Wildman–Crippen LogP) is 4.27. The smallest absolute Gasteiger partial charge is 0.253 e. The van der Waals surface area contributed by atoms with Crippen molar-refractivity contribution in [1.29, 1.82) is 0 Å². The Morgan fingerprint density at radius 2 is 1.76 bits per heavy atom. The Kier molecular flexibility index (Phi) is 6.63. The molecule has 34 heavy (non-hydrogen) atoms. The summed E-state index contributed by atoms with van der Waals surface area (Å²) in [7, 11) is 3.36. The Balaban J connectivity index is 1.73. The number of aryl methyl sites for hydroxylation is 3. The molecule has 7 nitrogen and oxygen atoms in total. The first-order chi connectivity index (χ1) is 16.4. The number of hydrogen-bond acceptors (Lipinski definition) is 5. The number of ether oxygens (including phenoxy) is 1. The van der Waals surface area contributed by atoms with Crippen molar-refractivity contribution >= 4 is 12.0 Å². The number of aromatic nitrogens is 3. The number of aldehydes is 1. The van der Waals surface area contributed by atoms with Crippen molar-refractivity contribution in [2.24, 2.45) is 7.05 Å². The molecule has 1 atom stereocenters. The number of pyridine rings is 1. The zero-order valence-corrected chi connectivity index (χ0v) is 19.8. The standard InChI is InChI=1S/C27H28N4O3/c1-18-5-9-21(10-6-18)26(28-22-13-19(2)27(33)30(3)15-22)24-16-31(29-25(24)17-32)14-20-7-11-23(34-4)12-8-20/h5-13,15-17,26,28H,14H2,1-4H3. The summed E-state index contributed by atoms with van der Waals surface area (Å²) in [5, 5.41) is 8.06. The SMILES string of the molecule is COc1ccc(Cn2cc(C(Nc3cc(C)c(=O)n(C)c3)c3ccc(C)cc3)c(C=O)n2)cc1. The number of nitrogens with zero attached hydrogens (tertiary/aromatic N) is 3. The van der Waals surface area contributed by atoms with Crippen LogP contribution in [-0.4, -0.2) is 27.7 Å². The molecule has 0 aliphatic rings. The van der Waals surface area contributed by atoms with Gasteiger partial charge in [-0.05, 0) is 43.2 Å². The van der Waals surface area contributed by atoms with Gasteiger partial charge in [-0.2, -0.15) is 5.10 Å². The highest BCUT2D eigenvalue weighted by Crippen LogP contribution is 2.29. The van der Waals surface area contributed by atoms with Crippen LogP contribution in [0.25, 0.3) is 0 Å². The highest BCUT2D eigenvalue weighted by molar-refractivity contribution is 5.75. The minimum absolute atomic E-state index is 0.0432. The summed E-state index contributed by atoms with van der Waals surface area (Å²) in [6, 6.07) is 17.4. The van der Waals surface area contributed by atoms with Crippen LogP contribution in [0.2, 0.25) is 0 Å². The molecule has 0 spiro atoms. The summed E-state index contributed by atoms with van der Waals surface area (Å²) < 4.78 is 8.56. The molecule has 2 aromatic heterocycles. The first-order valence-corrected chi connectivity index (χ1v) is 11.0. The molecule has 174 valence electrons. The second-order valence-corrected chi connectivity index (χ2v) is 8.45. The second-order valence-electron chi connectivity index (χ2n) is 8.45. The average Bonchev–Trinajstić information content (AvgIpc) is 3.24. The van der Waals surface area contributed by atoms with Crippen LogP contribution in [0.15, 0.2) is 71.8 Å². The van der Waals surface area contributed by atoms with Crippen LogP contribution in [0.5, 0.6) is 5.75 Å². The van der Waals surface area contributed by atoms with Crippen LogP contribution in [-0.2, 0) is 13.6 Å². The minimum Gasteiger partial charge on any atom is -0.497 e. The Bertz CT molecular complexity index is 1330. The van der Waals surface area contributed by atoms with E-state index in [-0.39, 0.29) is 11.6 Å². The Hall–Kier alpha value is -4.13. The molecular formula is C27H28N4O3. The van der Waals surface area contributed by atoms with Crippen LogP contribution in [0.4, 0.5) is 5.69 Å². The van der Waals surface area contributed by atoms with Crippen molar-refractivity contribution in [1.82, 2.24) is 14.3 Å². The quantitative estimate of drug-likeness (QED) is 0.401. The molecule has 2 heterocycles. The molecule has 0 fully saturated rings. The molecule has 0 saturated carbocycles. The first-order valence-electron chi connectivity index (χ1n) is 11.0. The fraction of sp³-hybridized carbons (Fsp3) is 0.222. The largest absolute Gasteiger partial charge is 0.497 e. The van der Waals surface area contributed by atoms with Gasteiger partial charge in [0.25, 0.3) is 5.56 Å². The van der Waals surface area contributed by atoms with Gasteiger partial charge in [-0.1, -0.05) is 42.0 Å². The van der Waals surface area contributed by atoms with Gasteiger partial charge >= 0.3 is 0 Å². The second kappa shape index (κ2) is 9.79. The molecule has 0 amide bonds. The maximum atomic E-state index is 12.2. The molecule has 1 N–H and O–H groups in total. The Morgan fingerprint density at radius 3 is 2.38 bits per heavy atom. The Labute approximate surface area is 198 Å². The van der Waals surface area contributed by atoms with Gasteiger partial charge in [-0.15, -0.1) is 0 Å². The number of rotatable bonds is 8. The summed E-state index contributed by atoms with van der Waals surface area (Å²) in [6.45, 7) is 4.34.